The van der Waals surface area contributed by atoms with Crippen LogP contribution in [0.15, 0.2) is 30.6 Å². The Morgan fingerprint density at radius 3 is 2.61 bits per heavy atom. The summed E-state index contributed by atoms with van der Waals surface area (Å²) in [7, 11) is 3.30. The maximum atomic E-state index is 12.8. The number of rotatable bonds is 5. The molecule has 3 rings (SSSR count). The number of nitrogens with zero attached hydrogens (tertiary/aromatic N) is 4. The van der Waals surface area contributed by atoms with Crippen LogP contribution in [0.3, 0.4) is 0 Å². The predicted molar refractivity (Wildman–Crippen MR) is 104 cm³/mol. The van der Waals surface area contributed by atoms with Crippen LogP contribution in [0, 0.1) is 0 Å². The number of amides is 4. The number of hydrogen-bond acceptors (Lipinski definition) is 4. The van der Waals surface area contributed by atoms with E-state index in [1.54, 1.807) is 50.1 Å². The lowest BCUT2D eigenvalue weighted by Gasteiger charge is -2.22. The maximum Gasteiger partial charge on any atom is 0.325 e. The van der Waals surface area contributed by atoms with Crippen molar-refractivity contribution in [1.82, 2.24) is 24.9 Å². The summed E-state index contributed by atoms with van der Waals surface area (Å²) in [6.45, 7) is 1.49. The lowest BCUT2D eigenvalue weighted by atomic mass is 9.95. The Morgan fingerprint density at radius 2 is 2.00 bits per heavy atom. The smallest absolute Gasteiger partial charge is 0.325 e. The first-order valence-electron chi connectivity index (χ1n) is 8.43. The van der Waals surface area contributed by atoms with Crippen molar-refractivity contribution in [3.05, 3.63) is 51.8 Å². The van der Waals surface area contributed by atoms with Gasteiger partial charge in [-0.15, -0.1) is 0 Å². The summed E-state index contributed by atoms with van der Waals surface area (Å²) in [4.78, 5) is 40.1. The lowest BCUT2D eigenvalue weighted by molar-refractivity contribution is -0.138. The summed E-state index contributed by atoms with van der Waals surface area (Å²) in [5.74, 6) is -0.883. The highest BCUT2D eigenvalue weighted by molar-refractivity contribution is 6.42. The number of aryl methyl sites for hydroxylation is 1. The number of carbonyl (C=O) groups is 3. The Bertz CT molecular complexity index is 960. The van der Waals surface area contributed by atoms with Crippen molar-refractivity contribution in [1.29, 1.82) is 0 Å². The topological polar surface area (TPSA) is 87.5 Å². The molecule has 0 spiro atoms. The van der Waals surface area contributed by atoms with Gasteiger partial charge in [0.2, 0.25) is 5.91 Å². The Hall–Kier alpha value is -2.58. The number of halogens is 2. The van der Waals surface area contributed by atoms with E-state index in [1.165, 1.54) is 11.1 Å². The van der Waals surface area contributed by atoms with Gasteiger partial charge >= 0.3 is 6.03 Å². The normalized spacial score (nSPS) is 19.1. The SMILES string of the molecule is CN(Cc1ccc(Cl)c(Cl)c1)C(=O)CN1C(=O)NC(C)(c2cnn(C)c2)C1=O. The van der Waals surface area contributed by atoms with Gasteiger partial charge in [0.25, 0.3) is 5.91 Å². The van der Waals surface area contributed by atoms with Crippen molar-refractivity contribution < 1.29 is 14.4 Å². The van der Waals surface area contributed by atoms with Crippen molar-refractivity contribution in [3.63, 3.8) is 0 Å². The fraction of sp³-hybridized carbons (Fsp3) is 0.333. The number of likely N-dealkylation sites (N-methyl/N-ethyl adjacent to an activating group) is 1. The molecule has 0 saturated carbocycles. The molecule has 4 amide bonds. The van der Waals surface area contributed by atoms with Crippen LogP contribution in [-0.4, -0.2) is 51.0 Å². The van der Waals surface area contributed by atoms with E-state index in [2.05, 4.69) is 10.4 Å². The first kappa shape index (κ1) is 20.2. The van der Waals surface area contributed by atoms with E-state index in [0.29, 0.717) is 15.6 Å². The average Bonchev–Trinajstić information content (AvgIpc) is 3.16. The number of hydrogen-bond donors (Lipinski definition) is 1. The highest BCUT2D eigenvalue weighted by atomic mass is 35.5. The van der Waals surface area contributed by atoms with Crippen LogP contribution in [0.25, 0.3) is 0 Å². The fourth-order valence-corrected chi connectivity index (χ4v) is 3.29. The van der Waals surface area contributed by atoms with Crippen molar-refractivity contribution in [2.75, 3.05) is 13.6 Å². The molecular formula is C18H19Cl2N5O3. The lowest BCUT2D eigenvalue weighted by Crippen LogP contribution is -2.43. The summed E-state index contributed by atoms with van der Waals surface area (Å²) in [5, 5.41) is 7.50. The first-order valence-corrected chi connectivity index (χ1v) is 9.18. The number of benzene rings is 1. The molecule has 2 heterocycles. The molecule has 0 radical (unpaired) electrons. The van der Waals surface area contributed by atoms with Crippen molar-refractivity contribution >= 4 is 41.0 Å². The molecule has 1 unspecified atom stereocenters. The van der Waals surface area contributed by atoms with E-state index in [1.807, 2.05) is 0 Å². The van der Waals surface area contributed by atoms with Gasteiger partial charge in [0.05, 0.1) is 16.2 Å². The Morgan fingerprint density at radius 1 is 1.29 bits per heavy atom. The molecule has 1 fully saturated rings. The van der Waals surface area contributed by atoms with Gasteiger partial charge in [-0.1, -0.05) is 29.3 Å². The average molecular weight is 424 g/mol. The van der Waals surface area contributed by atoms with Gasteiger partial charge in [-0.3, -0.25) is 19.2 Å². The molecule has 10 heteroatoms. The van der Waals surface area contributed by atoms with Crippen LogP contribution in [0.1, 0.15) is 18.1 Å². The second kappa shape index (κ2) is 7.44. The van der Waals surface area contributed by atoms with E-state index in [-0.39, 0.29) is 19.0 Å². The van der Waals surface area contributed by atoms with Crippen molar-refractivity contribution in [3.8, 4) is 0 Å². The van der Waals surface area contributed by atoms with Crippen LogP contribution in [0.4, 0.5) is 4.79 Å². The summed E-state index contributed by atoms with van der Waals surface area (Å²) >= 11 is 11.9. The second-order valence-corrected chi connectivity index (χ2v) is 7.66. The maximum absolute atomic E-state index is 12.8. The zero-order chi connectivity index (χ0) is 20.6. The van der Waals surface area contributed by atoms with Crippen molar-refractivity contribution in [2.24, 2.45) is 7.05 Å². The molecule has 1 N–H and O–H groups in total. The largest absolute Gasteiger partial charge is 0.340 e. The minimum absolute atomic E-state index is 0.263. The number of nitrogens with one attached hydrogen (secondary N) is 1. The fourth-order valence-electron chi connectivity index (χ4n) is 2.97. The molecule has 148 valence electrons. The highest BCUT2D eigenvalue weighted by Gasteiger charge is 2.50. The zero-order valence-corrected chi connectivity index (χ0v) is 17.1. The van der Waals surface area contributed by atoms with E-state index >= 15 is 0 Å². The van der Waals surface area contributed by atoms with Crippen molar-refractivity contribution in [2.45, 2.75) is 19.0 Å². The molecule has 0 bridgehead atoms. The molecule has 1 aliphatic rings. The third kappa shape index (κ3) is 3.70. The predicted octanol–water partition coefficient (Wildman–Crippen LogP) is 2.15. The summed E-state index contributed by atoms with van der Waals surface area (Å²) in [6, 6.07) is 4.45. The Labute approximate surface area is 172 Å². The zero-order valence-electron chi connectivity index (χ0n) is 15.6. The monoisotopic (exact) mass is 423 g/mol. The number of carbonyl (C=O) groups excluding carboxylic acids is 3. The van der Waals surface area contributed by atoms with Crippen LogP contribution in [0.5, 0.6) is 0 Å². The van der Waals surface area contributed by atoms with Gasteiger partial charge in [0.1, 0.15) is 12.1 Å². The van der Waals surface area contributed by atoms with Crippen LogP contribution in [0.2, 0.25) is 10.0 Å². The van der Waals surface area contributed by atoms with E-state index in [9.17, 15) is 14.4 Å². The highest BCUT2D eigenvalue weighted by Crippen LogP contribution is 2.28. The van der Waals surface area contributed by atoms with Gasteiger partial charge in [-0.2, -0.15) is 5.10 Å². The minimum Gasteiger partial charge on any atom is -0.340 e. The van der Waals surface area contributed by atoms with Gasteiger partial charge in [0.15, 0.2) is 0 Å². The Balaban J connectivity index is 1.70. The van der Waals surface area contributed by atoms with Crippen LogP contribution < -0.4 is 5.32 Å². The summed E-state index contributed by atoms with van der Waals surface area (Å²) < 4.78 is 1.54. The minimum atomic E-state index is -1.26. The van der Waals surface area contributed by atoms with E-state index in [4.69, 9.17) is 23.2 Å². The van der Waals surface area contributed by atoms with Gasteiger partial charge in [-0.25, -0.2) is 4.79 Å². The van der Waals surface area contributed by atoms with Crippen LogP contribution in [-0.2, 0) is 28.7 Å². The molecule has 1 atom stereocenters. The molecular weight excluding hydrogens is 405 g/mol. The summed E-state index contributed by atoms with van der Waals surface area (Å²) in [5.41, 5.74) is 0.0728. The first-order chi connectivity index (χ1) is 13.1. The molecule has 0 aliphatic carbocycles. The summed E-state index contributed by atoms with van der Waals surface area (Å²) in [6.07, 6.45) is 3.17. The van der Waals surface area contributed by atoms with E-state index < -0.39 is 17.5 Å². The van der Waals surface area contributed by atoms with Gasteiger partial charge in [-0.05, 0) is 24.6 Å². The third-order valence-electron chi connectivity index (χ3n) is 4.68. The standard InChI is InChI=1S/C18H19Cl2N5O3/c1-18(12-7-21-24(3)9-12)16(27)25(17(28)22-18)10-15(26)23(2)8-11-4-5-13(19)14(20)6-11/h4-7,9H,8,10H2,1-3H3,(H,22,28). The molecule has 2 aromatic rings. The van der Waals surface area contributed by atoms with Crippen LogP contribution >= 0.6 is 23.2 Å². The molecule has 28 heavy (non-hydrogen) atoms. The molecule has 8 nitrogen and oxygen atoms in total. The molecule has 1 aliphatic heterocycles. The number of aromatic nitrogens is 2. The molecule has 1 saturated heterocycles. The molecule has 1 aromatic heterocycles. The number of imide groups is 1. The van der Waals surface area contributed by atoms with Gasteiger partial charge in [0, 0.05) is 32.4 Å². The van der Waals surface area contributed by atoms with E-state index in [0.717, 1.165) is 10.5 Å². The third-order valence-corrected chi connectivity index (χ3v) is 5.42. The second-order valence-electron chi connectivity index (χ2n) is 6.85. The quantitative estimate of drug-likeness (QED) is 0.746. The van der Waals surface area contributed by atoms with Gasteiger partial charge < -0.3 is 10.2 Å². The number of urea groups is 1. The molecule has 1 aromatic carbocycles. The Kier molecular flexibility index (Phi) is 5.36.